The number of aromatic nitrogens is 2. The fraction of sp³-hybridized carbons (Fsp3) is 0.517. The standard InChI is InChI=1S/C29H30F6N6O/c30-15-10-28(6-1-7-41(28)11-15)14-42-27-38-25-20(26(39-27)40-12-17-2-3-18(13-40)37-17)5-4-19(24(25)32)21-8-16(36)9-22(31)23(21)29(33,34)35/h4-5,8-9,15,17-18,37H,1-3,6-7,10-14,36H2/t15-,17-,18+,28+/m1/s1. The number of anilines is 2. The van der Waals surface area contributed by atoms with Crippen LogP contribution in [0.5, 0.6) is 6.01 Å². The topological polar surface area (TPSA) is 79.5 Å². The third-order valence-electron chi connectivity index (χ3n) is 9.20. The van der Waals surface area contributed by atoms with E-state index in [0.29, 0.717) is 43.3 Å². The van der Waals surface area contributed by atoms with Crippen LogP contribution in [0.1, 0.15) is 37.7 Å². The number of benzene rings is 2. The molecule has 0 saturated carbocycles. The molecule has 0 aliphatic carbocycles. The summed E-state index contributed by atoms with van der Waals surface area (Å²) < 4.78 is 93.0. The maximum atomic E-state index is 16.3. The Morgan fingerprint density at radius 1 is 1.05 bits per heavy atom. The number of nitrogens with zero attached hydrogens (tertiary/aromatic N) is 4. The van der Waals surface area contributed by atoms with Gasteiger partial charge in [-0.2, -0.15) is 23.1 Å². The monoisotopic (exact) mass is 592 g/mol. The number of rotatable bonds is 5. The zero-order valence-electron chi connectivity index (χ0n) is 22.7. The number of nitrogen functional groups attached to an aromatic ring is 1. The Balaban J connectivity index is 1.35. The molecule has 4 aliphatic rings. The number of fused-ring (bicyclic) bond motifs is 4. The number of ether oxygens (including phenoxy) is 1. The van der Waals surface area contributed by atoms with Crippen molar-refractivity contribution in [1.29, 1.82) is 0 Å². The molecule has 0 unspecified atom stereocenters. The van der Waals surface area contributed by atoms with Crippen LogP contribution in [0, 0.1) is 11.6 Å². The average molecular weight is 593 g/mol. The molecule has 3 aromatic rings. The summed E-state index contributed by atoms with van der Waals surface area (Å²) >= 11 is 0. The Morgan fingerprint density at radius 2 is 1.81 bits per heavy atom. The lowest BCUT2D eigenvalue weighted by molar-refractivity contribution is -0.139. The molecule has 7 rings (SSSR count). The Labute approximate surface area is 238 Å². The third-order valence-corrected chi connectivity index (χ3v) is 9.20. The molecule has 0 amide bonds. The minimum Gasteiger partial charge on any atom is -0.461 e. The van der Waals surface area contributed by atoms with Gasteiger partial charge in [0.05, 0.1) is 11.1 Å². The van der Waals surface area contributed by atoms with E-state index in [1.165, 1.54) is 12.1 Å². The van der Waals surface area contributed by atoms with Gasteiger partial charge in [-0.05, 0) is 50.4 Å². The summed E-state index contributed by atoms with van der Waals surface area (Å²) in [6.45, 7) is 2.39. The molecular weight excluding hydrogens is 562 g/mol. The van der Waals surface area contributed by atoms with Crippen LogP contribution in [0.3, 0.4) is 0 Å². The quantitative estimate of drug-likeness (QED) is 0.316. The van der Waals surface area contributed by atoms with Crippen molar-refractivity contribution >= 4 is 22.4 Å². The molecule has 3 N–H and O–H groups in total. The molecule has 224 valence electrons. The van der Waals surface area contributed by atoms with Gasteiger partial charge in [-0.1, -0.05) is 6.07 Å². The van der Waals surface area contributed by atoms with E-state index in [1.54, 1.807) is 0 Å². The van der Waals surface area contributed by atoms with Crippen molar-refractivity contribution in [2.45, 2.75) is 62.1 Å². The fourth-order valence-corrected chi connectivity index (χ4v) is 7.39. The molecule has 4 atom stereocenters. The van der Waals surface area contributed by atoms with E-state index >= 15 is 4.39 Å². The summed E-state index contributed by atoms with van der Waals surface area (Å²) in [4.78, 5) is 13.1. The summed E-state index contributed by atoms with van der Waals surface area (Å²) in [5.74, 6) is -2.26. The van der Waals surface area contributed by atoms with Crippen molar-refractivity contribution in [3.63, 3.8) is 0 Å². The van der Waals surface area contributed by atoms with Gasteiger partial charge in [0.25, 0.3) is 0 Å². The molecule has 7 nitrogen and oxygen atoms in total. The summed E-state index contributed by atoms with van der Waals surface area (Å²) in [6, 6.07) is 4.41. The Bertz CT molecular complexity index is 1540. The van der Waals surface area contributed by atoms with Gasteiger partial charge in [0, 0.05) is 60.3 Å². The average Bonchev–Trinajstić information content (AvgIpc) is 3.56. The van der Waals surface area contributed by atoms with E-state index in [4.69, 9.17) is 10.5 Å². The third kappa shape index (κ3) is 4.61. The van der Waals surface area contributed by atoms with Gasteiger partial charge in [0.15, 0.2) is 5.82 Å². The highest BCUT2D eigenvalue weighted by atomic mass is 19.4. The largest absolute Gasteiger partial charge is 0.461 e. The SMILES string of the molecule is Nc1cc(F)c(C(F)(F)F)c(-c2ccc3c(N4C[C@H]5CC[C@@H](C4)N5)nc(OC[C@@]45CCCN4C[C@H](F)C5)nc3c2F)c1. The van der Waals surface area contributed by atoms with Crippen molar-refractivity contribution in [3.05, 3.63) is 41.5 Å². The number of piperazine rings is 1. The van der Waals surface area contributed by atoms with E-state index in [1.807, 2.05) is 4.90 Å². The number of nitrogens with one attached hydrogen (secondary N) is 1. The first-order valence-electron chi connectivity index (χ1n) is 14.2. The van der Waals surface area contributed by atoms with Crippen LogP contribution >= 0.6 is 0 Å². The smallest absolute Gasteiger partial charge is 0.419 e. The molecule has 13 heteroatoms. The van der Waals surface area contributed by atoms with Gasteiger partial charge in [0.2, 0.25) is 0 Å². The Kier molecular flexibility index (Phi) is 6.46. The number of alkyl halides is 4. The lowest BCUT2D eigenvalue weighted by Crippen LogP contribution is -2.51. The fourth-order valence-electron chi connectivity index (χ4n) is 7.39. The number of hydrogen-bond acceptors (Lipinski definition) is 7. The van der Waals surface area contributed by atoms with Gasteiger partial charge in [-0.25, -0.2) is 13.2 Å². The second kappa shape index (κ2) is 9.87. The van der Waals surface area contributed by atoms with Gasteiger partial charge < -0.3 is 20.7 Å². The van der Waals surface area contributed by atoms with Crippen LogP contribution in [-0.2, 0) is 6.18 Å². The van der Waals surface area contributed by atoms with Crippen LogP contribution < -0.4 is 20.7 Å². The first-order chi connectivity index (χ1) is 20.0. The number of halogens is 6. The summed E-state index contributed by atoms with van der Waals surface area (Å²) in [5.41, 5.74) is 1.83. The highest BCUT2D eigenvalue weighted by molar-refractivity contribution is 5.94. The van der Waals surface area contributed by atoms with Crippen LogP contribution in [0.25, 0.3) is 22.0 Å². The summed E-state index contributed by atoms with van der Waals surface area (Å²) in [7, 11) is 0. The molecule has 4 aliphatic heterocycles. The summed E-state index contributed by atoms with van der Waals surface area (Å²) in [6.07, 6.45) is -2.14. The normalized spacial score (nSPS) is 27.7. The second-order valence-electron chi connectivity index (χ2n) is 12.0. The van der Waals surface area contributed by atoms with Crippen molar-refractivity contribution in [2.24, 2.45) is 0 Å². The minimum atomic E-state index is -5.10. The van der Waals surface area contributed by atoms with E-state index in [2.05, 4.69) is 20.2 Å². The van der Waals surface area contributed by atoms with Crippen molar-refractivity contribution in [2.75, 3.05) is 43.4 Å². The van der Waals surface area contributed by atoms with Crippen molar-refractivity contribution in [1.82, 2.24) is 20.2 Å². The van der Waals surface area contributed by atoms with Crippen molar-refractivity contribution < 1.29 is 31.1 Å². The molecule has 2 bridgehead atoms. The lowest BCUT2D eigenvalue weighted by atomic mass is 9.95. The molecule has 5 heterocycles. The molecule has 1 aromatic heterocycles. The minimum absolute atomic E-state index is 0.102. The van der Waals surface area contributed by atoms with Gasteiger partial charge in [-0.15, -0.1) is 0 Å². The first kappa shape index (κ1) is 27.5. The second-order valence-corrected chi connectivity index (χ2v) is 12.0. The first-order valence-corrected chi connectivity index (χ1v) is 14.2. The predicted molar refractivity (Wildman–Crippen MR) is 145 cm³/mol. The van der Waals surface area contributed by atoms with Crippen molar-refractivity contribution in [3.8, 4) is 17.1 Å². The van der Waals surface area contributed by atoms with Crippen LogP contribution in [0.4, 0.5) is 37.8 Å². The molecule has 2 aromatic carbocycles. The van der Waals surface area contributed by atoms with Gasteiger partial charge in [-0.3, -0.25) is 4.90 Å². The van der Waals surface area contributed by atoms with Crippen LogP contribution in [0.15, 0.2) is 24.3 Å². The molecule has 0 radical (unpaired) electrons. The predicted octanol–water partition coefficient (Wildman–Crippen LogP) is 5.07. The van der Waals surface area contributed by atoms with Crippen LogP contribution in [0.2, 0.25) is 0 Å². The molecule has 4 saturated heterocycles. The Hall–Kier alpha value is -3.32. The van der Waals surface area contributed by atoms with E-state index in [-0.39, 0.29) is 35.9 Å². The number of nitrogens with two attached hydrogens (primary N) is 1. The zero-order chi connectivity index (χ0) is 29.4. The molecular formula is C29H30F6N6O. The lowest BCUT2D eigenvalue weighted by Gasteiger charge is -2.34. The van der Waals surface area contributed by atoms with Gasteiger partial charge in [0.1, 0.15) is 29.9 Å². The zero-order valence-corrected chi connectivity index (χ0v) is 22.7. The van der Waals surface area contributed by atoms with Gasteiger partial charge >= 0.3 is 12.2 Å². The van der Waals surface area contributed by atoms with E-state index < -0.39 is 46.2 Å². The molecule has 42 heavy (non-hydrogen) atoms. The van der Waals surface area contributed by atoms with E-state index in [0.717, 1.165) is 38.3 Å². The Morgan fingerprint density at radius 3 is 2.55 bits per heavy atom. The maximum absolute atomic E-state index is 16.3. The molecule has 0 spiro atoms. The summed E-state index contributed by atoms with van der Waals surface area (Å²) in [5, 5.41) is 3.83. The van der Waals surface area contributed by atoms with Crippen LogP contribution in [-0.4, -0.2) is 71.4 Å². The highest BCUT2D eigenvalue weighted by Gasteiger charge is 2.49. The maximum Gasteiger partial charge on any atom is 0.419 e. The highest BCUT2D eigenvalue weighted by Crippen LogP contribution is 2.44. The van der Waals surface area contributed by atoms with E-state index in [9.17, 15) is 22.0 Å². The molecule has 4 fully saturated rings. The number of hydrogen-bond donors (Lipinski definition) is 2.